The van der Waals surface area contributed by atoms with E-state index in [4.69, 9.17) is 5.14 Å². The number of β-amino-alcohol motifs (C(OH)–C–C–N with tert-alkyl or cyclic N) is 1. The standard InChI is InChI=1S/C16H26N4O4S/c17-25(23,24)15-7-5-6-13(10-15)19-16(22)18-11-14(21)12-20-8-3-1-2-4-9-20/h5-7,10,14,21H,1-4,8-9,11-12H2,(H2,17,23,24)(H2,18,19,22). The van der Waals surface area contributed by atoms with Gasteiger partial charge in [-0.3, -0.25) is 0 Å². The van der Waals surface area contributed by atoms with Crippen LogP contribution in [0, 0.1) is 0 Å². The van der Waals surface area contributed by atoms with Gasteiger partial charge in [0, 0.05) is 18.8 Å². The van der Waals surface area contributed by atoms with Gasteiger partial charge in [-0.2, -0.15) is 0 Å². The molecule has 2 rings (SSSR count). The fourth-order valence-electron chi connectivity index (χ4n) is 2.82. The van der Waals surface area contributed by atoms with E-state index < -0.39 is 22.2 Å². The number of carbonyl (C=O) groups excluding carboxylic acids is 1. The molecule has 1 atom stereocenters. The summed E-state index contributed by atoms with van der Waals surface area (Å²) in [7, 11) is -3.82. The van der Waals surface area contributed by atoms with Crippen molar-refractivity contribution in [2.75, 3.05) is 31.5 Å². The number of nitrogens with zero attached hydrogens (tertiary/aromatic N) is 1. The minimum Gasteiger partial charge on any atom is -0.390 e. The molecule has 9 heteroatoms. The molecular formula is C16H26N4O4S. The zero-order chi connectivity index (χ0) is 18.3. The van der Waals surface area contributed by atoms with Gasteiger partial charge in [0.25, 0.3) is 0 Å². The number of amides is 2. The van der Waals surface area contributed by atoms with E-state index in [1.807, 2.05) is 0 Å². The van der Waals surface area contributed by atoms with Gasteiger partial charge in [-0.15, -0.1) is 0 Å². The Kier molecular flexibility index (Phi) is 7.18. The Hall–Kier alpha value is -1.68. The van der Waals surface area contributed by atoms with E-state index in [0.717, 1.165) is 25.9 Å². The van der Waals surface area contributed by atoms with Crippen LogP contribution in [0.4, 0.5) is 10.5 Å². The maximum Gasteiger partial charge on any atom is 0.319 e. The first-order valence-electron chi connectivity index (χ1n) is 8.43. The minimum atomic E-state index is -3.82. The van der Waals surface area contributed by atoms with Gasteiger partial charge < -0.3 is 20.6 Å². The SMILES string of the molecule is NS(=O)(=O)c1cccc(NC(=O)NCC(O)CN2CCCCCC2)c1. The normalized spacial score (nSPS) is 17.5. The van der Waals surface area contributed by atoms with Crippen LogP contribution in [0.1, 0.15) is 25.7 Å². The van der Waals surface area contributed by atoms with E-state index in [-0.39, 0.29) is 11.4 Å². The second-order valence-electron chi connectivity index (χ2n) is 6.28. The summed E-state index contributed by atoms with van der Waals surface area (Å²) in [6.07, 6.45) is 4.08. The highest BCUT2D eigenvalue weighted by Crippen LogP contribution is 2.14. The summed E-state index contributed by atoms with van der Waals surface area (Å²) in [5, 5.41) is 20.3. The molecule has 5 N–H and O–H groups in total. The van der Waals surface area contributed by atoms with Crippen LogP contribution in [0.15, 0.2) is 29.2 Å². The number of sulfonamides is 1. The molecule has 0 radical (unpaired) electrons. The Labute approximate surface area is 148 Å². The average molecular weight is 370 g/mol. The zero-order valence-electron chi connectivity index (χ0n) is 14.1. The van der Waals surface area contributed by atoms with Crippen LogP contribution in [0.25, 0.3) is 0 Å². The van der Waals surface area contributed by atoms with E-state index in [0.29, 0.717) is 12.2 Å². The van der Waals surface area contributed by atoms with Crippen LogP contribution < -0.4 is 15.8 Å². The van der Waals surface area contributed by atoms with E-state index >= 15 is 0 Å². The molecule has 0 saturated carbocycles. The maximum atomic E-state index is 11.9. The molecule has 1 saturated heterocycles. The summed E-state index contributed by atoms with van der Waals surface area (Å²) in [6, 6.07) is 5.17. The fraction of sp³-hybridized carbons (Fsp3) is 0.562. The number of benzene rings is 1. The molecule has 1 aromatic rings. The van der Waals surface area contributed by atoms with Crippen molar-refractivity contribution in [1.29, 1.82) is 0 Å². The number of carbonyl (C=O) groups is 1. The first-order chi connectivity index (χ1) is 11.8. The van der Waals surface area contributed by atoms with E-state index in [2.05, 4.69) is 15.5 Å². The predicted molar refractivity (Wildman–Crippen MR) is 95.8 cm³/mol. The summed E-state index contributed by atoms with van der Waals surface area (Å²) < 4.78 is 22.6. The Morgan fingerprint density at radius 3 is 2.56 bits per heavy atom. The number of hydrogen-bond donors (Lipinski definition) is 4. The molecule has 1 unspecified atom stereocenters. The predicted octanol–water partition coefficient (Wildman–Crippen LogP) is 0.692. The van der Waals surface area contributed by atoms with Crippen molar-refractivity contribution in [3.05, 3.63) is 24.3 Å². The van der Waals surface area contributed by atoms with Crippen molar-refractivity contribution in [3.8, 4) is 0 Å². The highest BCUT2D eigenvalue weighted by atomic mass is 32.2. The molecule has 1 aliphatic heterocycles. The number of primary sulfonamides is 1. The van der Waals surface area contributed by atoms with Crippen molar-refractivity contribution in [1.82, 2.24) is 10.2 Å². The van der Waals surface area contributed by atoms with Gasteiger partial charge in [0.15, 0.2) is 0 Å². The van der Waals surface area contributed by atoms with Crippen LogP contribution >= 0.6 is 0 Å². The van der Waals surface area contributed by atoms with Crippen LogP contribution in [-0.4, -0.2) is 56.7 Å². The molecule has 25 heavy (non-hydrogen) atoms. The summed E-state index contributed by atoms with van der Waals surface area (Å²) in [4.78, 5) is 14.0. The highest BCUT2D eigenvalue weighted by molar-refractivity contribution is 7.89. The van der Waals surface area contributed by atoms with E-state index in [1.54, 1.807) is 6.07 Å². The number of nitrogens with two attached hydrogens (primary N) is 1. The van der Waals surface area contributed by atoms with Crippen LogP contribution in [0.5, 0.6) is 0 Å². The quantitative estimate of drug-likeness (QED) is 0.586. The minimum absolute atomic E-state index is 0.0773. The van der Waals surface area contributed by atoms with Crippen molar-refractivity contribution in [2.24, 2.45) is 5.14 Å². The smallest absolute Gasteiger partial charge is 0.319 e. The van der Waals surface area contributed by atoms with Gasteiger partial charge >= 0.3 is 6.03 Å². The summed E-state index contributed by atoms with van der Waals surface area (Å²) in [6.45, 7) is 2.60. The monoisotopic (exact) mass is 370 g/mol. The molecule has 140 valence electrons. The molecule has 0 aromatic heterocycles. The van der Waals surface area contributed by atoms with Crippen LogP contribution in [0.3, 0.4) is 0 Å². The fourth-order valence-corrected chi connectivity index (χ4v) is 3.38. The Balaban J connectivity index is 1.78. The van der Waals surface area contributed by atoms with Gasteiger partial charge in [-0.25, -0.2) is 18.4 Å². The van der Waals surface area contributed by atoms with Gasteiger partial charge in [0.05, 0.1) is 11.0 Å². The zero-order valence-corrected chi connectivity index (χ0v) is 15.0. The van der Waals surface area contributed by atoms with Crippen LogP contribution in [-0.2, 0) is 10.0 Å². The van der Waals surface area contributed by atoms with Crippen molar-refractivity contribution < 1.29 is 18.3 Å². The van der Waals surface area contributed by atoms with E-state index in [9.17, 15) is 18.3 Å². The average Bonchev–Trinajstić information content (AvgIpc) is 2.81. The van der Waals surface area contributed by atoms with Gasteiger partial charge in [0.2, 0.25) is 10.0 Å². The lowest BCUT2D eigenvalue weighted by atomic mass is 10.2. The van der Waals surface area contributed by atoms with Crippen LogP contribution in [0.2, 0.25) is 0 Å². The van der Waals surface area contributed by atoms with Crippen molar-refractivity contribution in [2.45, 2.75) is 36.7 Å². The molecule has 0 aliphatic carbocycles. The Morgan fingerprint density at radius 1 is 1.24 bits per heavy atom. The molecular weight excluding hydrogens is 344 g/mol. The lowest BCUT2D eigenvalue weighted by molar-refractivity contribution is 0.115. The molecule has 2 amide bonds. The molecule has 1 fully saturated rings. The number of rotatable bonds is 6. The number of urea groups is 1. The number of hydrogen-bond acceptors (Lipinski definition) is 5. The number of anilines is 1. The Morgan fingerprint density at radius 2 is 1.92 bits per heavy atom. The lowest BCUT2D eigenvalue weighted by Crippen LogP contribution is -2.41. The van der Waals surface area contributed by atoms with Gasteiger partial charge in [-0.1, -0.05) is 18.9 Å². The Bertz CT molecular complexity index is 672. The summed E-state index contributed by atoms with van der Waals surface area (Å²) in [5.74, 6) is 0. The van der Waals surface area contributed by atoms with Gasteiger partial charge in [-0.05, 0) is 44.1 Å². The van der Waals surface area contributed by atoms with E-state index in [1.165, 1.54) is 31.0 Å². The number of aliphatic hydroxyl groups excluding tert-OH is 1. The third-order valence-electron chi connectivity index (χ3n) is 4.09. The molecule has 0 bridgehead atoms. The number of aliphatic hydroxyl groups is 1. The van der Waals surface area contributed by atoms with Crippen molar-refractivity contribution >= 4 is 21.7 Å². The van der Waals surface area contributed by atoms with Gasteiger partial charge in [0.1, 0.15) is 0 Å². The summed E-state index contributed by atoms with van der Waals surface area (Å²) in [5.41, 5.74) is 0.311. The maximum absolute atomic E-state index is 11.9. The lowest BCUT2D eigenvalue weighted by Gasteiger charge is -2.23. The highest BCUT2D eigenvalue weighted by Gasteiger charge is 2.15. The largest absolute Gasteiger partial charge is 0.390 e. The molecule has 1 heterocycles. The first-order valence-corrected chi connectivity index (χ1v) is 9.97. The second-order valence-corrected chi connectivity index (χ2v) is 7.84. The molecule has 1 aromatic carbocycles. The summed E-state index contributed by atoms with van der Waals surface area (Å²) >= 11 is 0. The van der Waals surface area contributed by atoms with Crippen molar-refractivity contribution in [3.63, 3.8) is 0 Å². The number of nitrogens with one attached hydrogen (secondary N) is 2. The topological polar surface area (TPSA) is 125 Å². The molecule has 0 spiro atoms. The second kappa shape index (κ2) is 9.14. The number of likely N-dealkylation sites (tertiary alicyclic amines) is 1. The molecule has 1 aliphatic rings. The third-order valence-corrected chi connectivity index (χ3v) is 5.00. The third kappa shape index (κ3) is 6.99. The first kappa shape index (κ1) is 19.6. The molecule has 8 nitrogen and oxygen atoms in total.